The van der Waals surface area contributed by atoms with E-state index < -0.39 is 0 Å². The van der Waals surface area contributed by atoms with Crippen LogP contribution >= 0.6 is 43.5 Å². The predicted octanol–water partition coefficient (Wildman–Crippen LogP) is 3.97. The summed E-state index contributed by atoms with van der Waals surface area (Å²) in [6.45, 7) is 0. The standard InChI is InChI=1S/C6H7Br2ClO.C6H10O/c7-3-1-5-6(9,10-5)2-4(3)8;1-2-4-6-5(3-1)7-6/h3-5H,1-2H2;5-6H,1-4H2. The summed E-state index contributed by atoms with van der Waals surface area (Å²) in [7, 11) is 0. The van der Waals surface area contributed by atoms with Crippen LogP contribution in [0.5, 0.6) is 0 Å². The third-order valence-corrected chi connectivity index (χ3v) is 7.15. The van der Waals surface area contributed by atoms with E-state index in [1.807, 2.05) is 0 Å². The van der Waals surface area contributed by atoms with E-state index in [2.05, 4.69) is 31.9 Å². The molecule has 2 aliphatic heterocycles. The van der Waals surface area contributed by atoms with Gasteiger partial charge in [0.1, 0.15) is 6.10 Å². The molecule has 6 atom stereocenters. The Bertz CT molecular complexity index is 294. The summed E-state index contributed by atoms with van der Waals surface area (Å²) < 4.78 is 10.6. The van der Waals surface area contributed by atoms with Gasteiger partial charge in [-0.3, -0.25) is 0 Å². The molecule has 4 aliphatic rings. The highest BCUT2D eigenvalue weighted by molar-refractivity contribution is 9.12. The van der Waals surface area contributed by atoms with Gasteiger partial charge in [0.05, 0.1) is 12.2 Å². The lowest BCUT2D eigenvalue weighted by molar-refractivity contribution is 0.353. The SMILES string of the molecule is C1CCC2OC2C1.ClC12CC(Br)C(Br)CC1O2. The van der Waals surface area contributed by atoms with Crippen LogP contribution in [0, 0.1) is 0 Å². The minimum Gasteiger partial charge on any atom is -0.370 e. The maximum absolute atomic E-state index is 6.03. The summed E-state index contributed by atoms with van der Waals surface area (Å²) in [5, 5.41) is -0.307. The molecular weight excluding hydrogens is 371 g/mol. The highest BCUT2D eigenvalue weighted by Gasteiger charge is 2.60. The molecule has 4 fully saturated rings. The van der Waals surface area contributed by atoms with Crippen molar-refractivity contribution in [2.24, 2.45) is 0 Å². The topological polar surface area (TPSA) is 25.1 Å². The van der Waals surface area contributed by atoms with E-state index in [0.29, 0.717) is 28.0 Å². The van der Waals surface area contributed by atoms with E-state index in [9.17, 15) is 0 Å². The molecule has 0 aromatic carbocycles. The highest BCUT2D eigenvalue weighted by atomic mass is 79.9. The van der Waals surface area contributed by atoms with E-state index in [0.717, 1.165) is 12.8 Å². The lowest BCUT2D eigenvalue weighted by Gasteiger charge is -2.21. The molecule has 5 heteroatoms. The quantitative estimate of drug-likeness (QED) is 0.463. The molecule has 0 bridgehead atoms. The molecule has 0 radical (unpaired) electrons. The monoisotopic (exact) mass is 386 g/mol. The van der Waals surface area contributed by atoms with Gasteiger partial charge in [-0.25, -0.2) is 0 Å². The van der Waals surface area contributed by atoms with Crippen LogP contribution < -0.4 is 0 Å². The van der Waals surface area contributed by atoms with Crippen LogP contribution in [0.4, 0.5) is 0 Å². The minimum atomic E-state index is -0.307. The maximum atomic E-state index is 6.03. The van der Waals surface area contributed by atoms with Gasteiger partial charge in [0.25, 0.3) is 0 Å². The lowest BCUT2D eigenvalue weighted by atomic mass is 10.0. The third-order valence-electron chi connectivity index (χ3n) is 3.98. The first-order valence-electron chi connectivity index (χ1n) is 6.39. The fraction of sp³-hybridized carbons (Fsp3) is 1.00. The van der Waals surface area contributed by atoms with Gasteiger partial charge < -0.3 is 9.47 Å². The molecule has 0 spiro atoms. The highest BCUT2D eigenvalue weighted by Crippen LogP contribution is 2.53. The Morgan fingerprint density at radius 1 is 1.06 bits per heavy atom. The van der Waals surface area contributed by atoms with Crippen LogP contribution in [0.1, 0.15) is 38.5 Å². The largest absolute Gasteiger partial charge is 0.370 e. The van der Waals surface area contributed by atoms with Gasteiger partial charge in [0, 0.05) is 16.1 Å². The van der Waals surface area contributed by atoms with Crippen molar-refractivity contribution >= 4 is 43.5 Å². The summed E-state index contributed by atoms with van der Waals surface area (Å²) in [4.78, 5) is 0.982. The Morgan fingerprint density at radius 2 is 1.71 bits per heavy atom. The first-order chi connectivity index (χ1) is 8.08. The average molecular weight is 389 g/mol. The van der Waals surface area contributed by atoms with Crippen molar-refractivity contribution in [1.29, 1.82) is 0 Å². The molecule has 0 aromatic heterocycles. The van der Waals surface area contributed by atoms with E-state index in [1.165, 1.54) is 25.7 Å². The van der Waals surface area contributed by atoms with Crippen molar-refractivity contribution in [3.8, 4) is 0 Å². The van der Waals surface area contributed by atoms with Gasteiger partial charge in [-0.15, -0.1) is 0 Å². The molecule has 2 nitrogen and oxygen atoms in total. The number of ether oxygens (including phenoxy) is 2. The van der Waals surface area contributed by atoms with Crippen LogP contribution in [0.2, 0.25) is 0 Å². The van der Waals surface area contributed by atoms with Crippen LogP contribution in [0.25, 0.3) is 0 Å². The fourth-order valence-electron chi connectivity index (χ4n) is 2.73. The normalized spacial score (nSPS) is 54.9. The van der Waals surface area contributed by atoms with Gasteiger partial charge in [-0.2, -0.15) is 0 Å². The van der Waals surface area contributed by atoms with Gasteiger partial charge in [0.2, 0.25) is 0 Å². The number of epoxide rings is 2. The molecule has 0 N–H and O–H groups in total. The summed E-state index contributed by atoms with van der Waals surface area (Å²) in [6.07, 6.45) is 9.13. The predicted molar refractivity (Wildman–Crippen MR) is 75.3 cm³/mol. The van der Waals surface area contributed by atoms with Crippen molar-refractivity contribution in [2.75, 3.05) is 0 Å². The number of hydrogen-bond acceptors (Lipinski definition) is 2. The van der Waals surface area contributed by atoms with Crippen molar-refractivity contribution in [2.45, 2.75) is 71.6 Å². The van der Waals surface area contributed by atoms with E-state index in [1.54, 1.807) is 0 Å². The van der Waals surface area contributed by atoms with E-state index >= 15 is 0 Å². The zero-order valence-corrected chi connectivity index (χ0v) is 13.5. The van der Waals surface area contributed by atoms with Crippen molar-refractivity contribution in [1.82, 2.24) is 0 Å². The molecule has 17 heavy (non-hydrogen) atoms. The molecule has 2 heterocycles. The van der Waals surface area contributed by atoms with Crippen molar-refractivity contribution < 1.29 is 9.47 Å². The summed E-state index contributed by atoms with van der Waals surface area (Å²) in [5.74, 6) is 0. The van der Waals surface area contributed by atoms with E-state index in [-0.39, 0.29) is 5.06 Å². The van der Waals surface area contributed by atoms with Crippen molar-refractivity contribution in [3.05, 3.63) is 0 Å². The molecule has 0 amide bonds. The number of fused-ring (bicyclic) bond motifs is 2. The lowest BCUT2D eigenvalue weighted by Crippen LogP contribution is -2.29. The Morgan fingerprint density at radius 3 is 2.24 bits per heavy atom. The Kier molecular flexibility index (Phi) is 3.82. The second kappa shape index (κ2) is 4.93. The minimum absolute atomic E-state index is 0.298. The van der Waals surface area contributed by atoms with Gasteiger partial charge >= 0.3 is 0 Å². The second-order valence-electron chi connectivity index (χ2n) is 5.36. The molecule has 6 unspecified atom stereocenters. The summed E-state index contributed by atoms with van der Waals surface area (Å²) in [5.41, 5.74) is 0. The molecule has 2 aliphatic carbocycles. The van der Waals surface area contributed by atoms with Crippen LogP contribution in [-0.4, -0.2) is 33.0 Å². The smallest absolute Gasteiger partial charge is 0.169 e. The molecule has 0 aromatic rings. The van der Waals surface area contributed by atoms with Gasteiger partial charge in [-0.1, -0.05) is 56.3 Å². The summed E-state index contributed by atoms with van der Waals surface area (Å²) in [6, 6.07) is 0. The summed E-state index contributed by atoms with van der Waals surface area (Å²) >= 11 is 13.1. The molecule has 98 valence electrons. The zero-order chi connectivity index (χ0) is 12.0. The van der Waals surface area contributed by atoms with Crippen molar-refractivity contribution in [3.63, 3.8) is 0 Å². The van der Waals surface area contributed by atoms with Crippen LogP contribution in [0.3, 0.4) is 0 Å². The maximum Gasteiger partial charge on any atom is 0.169 e. The Hall–Kier alpha value is 1.17. The molecular formula is C12H17Br2ClO2. The first kappa shape index (κ1) is 13.2. The second-order valence-corrected chi connectivity index (χ2v) is 8.35. The molecule has 2 saturated heterocycles. The Labute approximate surface area is 124 Å². The number of alkyl halides is 3. The van der Waals surface area contributed by atoms with Gasteiger partial charge in [-0.05, 0) is 19.3 Å². The van der Waals surface area contributed by atoms with Crippen LogP contribution in [-0.2, 0) is 9.47 Å². The molecule has 2 saturated carbocycles. The number of rotatable bonds is 0. The van der Waals surface area contributed by atoms with Crippen LogP contribution in [0.15, 0.2) is 0 Å². The third kappa shape index (κ3) is 3.02. The first-order valence-corrected chi connectivity index (χ1v) is 8.60. The van der Waals surface area contributed by atoms with E-state index in [4.69, 9.17) is 21.1 Å². The number of hydrogen-bond donors (Lipinski definition) is 0. The number of halogens is 3. The van der Waals surface area contributed by atoms with Gasteiger partial charge in [0.15, 0.2) is 5.06 Å². The Balaban J connectivity index is 0.000000113. The molecule has 4 rings (SSSR count). The zero-order valence-electron chi connectivity index (χ0n) is 9.58. The average Bonchev–Trinajstić information content (AvgIpc) is 3.15. The fourth-order valence-corrected chi connectivity index (χ4v) is 4.50.